The first-order chi connectivity index (χ1) is 8.09. The second kappa shape index (κ2) is 4.40. The van der Waals surface area contributed by atoms with Crippen molar-refractivity contribution in [2.24, 2.45) is 5.73 Å². The number of carbonyl (C=O) groups is 2. The minimum Gasteiger partial charge on any atom is -0.480 e. The summed E-state index contributed by atoms with van der Waals surface area (Å²) in [6, 6.07) is 2.48. The SMILES string of the molecule is NC(=O)c1ccnc(N2CCCC2C(=O)O)c1. The van der Waals surface area contributed by atoms with Crippen molar-refractivity contribution in [1.82, 2.24) is 4.98 Å². The summed E-state index contributed by atoms with van der Waals surface area (Å²) in [5, 5.41) is 9.06. The van der Waals surface area contributed by atoms with Crippen LogP contribution in [0.5, 0.6) is 0 Å². The average Bonchev–Trinajstić information content (AvgIpc) is 2.78. The van der Waals surface area contributed by atoms with Crippen LogP contribution in [0.3, 0.4) is 0 Å². The lowest BCUT2D eigenvalue weighted by Crippen LogP contribution is -2.36. The Bertz CT molecular complexity index is 461. The number of rotatable bonds is 3. The predicted molar refractivity (Wildman–Crippen MR) is 60.8 cm³/mol. The van der Waals surface area contributed by atoms with Crippen LogP contribution in [-0.4, -0.2) is 34.6 Å². The van der Waals surface area contributed by atoms with Crippen molar-refractivity contribution in [3.05, 3.63) is 23.9 Å². The fourth-order valence-corrected chi connectivity index (χ4v) is 2.03. The number of anilines is 1. The highest BCUT2D eigenvalue weighted by atomic mass is 16.4. The molecule has 1 fully saturated rings. The minimum atomic E-state index is -0.867. The lowest BCUT2D eigenvalue weighted by Gasteiger charge is -2.22. The van der Waals surface area contributed by atoms with Crippen molar-refractivity contribution in [2.45, 2.75) is 18.9 Å². The van der Waals surface area contributed by atoms with Crippen LogP contribution in [0.15, 0.2) is 18.3 Å². The van der Waals surface area contributed by atoms with Crippen molar-refractivity contribution in [3.8, 4) is 0 Å². The van der Waals surface area contributed by atoms with Gasteiger partial charge in [-0.2, -0.15) is 0 Å². The fraction of sp³-hybridized carbons (Fsp3) is 0.364. The van der Waals surface area contributed by atoms with Gasteiger partial charge in [-0.05, 0) is 25.0 Å². The monoisotopic (exact) mass is 235 g/mol. The van der Waals surface area contributed by atoms with Crippen LogP contribution in [-0.2, 0) is 4.79 Å². The maximum Gasteiger partial charge on any atom is 0.326 e. The maximum atomic E-state index is 11.0. The summed E-state index contributed by atoms with van der Waals surface area (Å²) in [6.07, 6.45) is 2.86. The molecule has 17 heavy (non-hydrogen) atoms. The standard InChI is InChI=1S/C11H13N3O3/c12-10(15)7-3-4-13-9(6-7)14-5-1-2-8(14)11(16)17/h3-4,6,8H,1-2,5H2,(H2,12,15)(H,16,17). The molecule has 6 nitrogen and oxygen atoms in total. The van der Waals surface area contributed by atoms with Crippen LogP contribution in [0.1, 0.15) is 23.2 Å². The first kappa shape index (κ1) is 11.4. The van der Waals surface area contributed by atoms with E-state index in [4.69, 9.17) is 10.8 Å². The highest BCUT2D eigenvalue weighted by Crippen LogP contribution is 2.24. The number of carboxylic acid groups (broad SMARTS) is 1. The summed E-state index contributed by atoms with van der Waals surface area (Å²) < 4.78 is 0. The quantitative estimate of drug-likeness (QED) is 0.781. The number of nitrogens with zero attached hydrogens (tertiary/aromatic N) is 2. The van der Waals surface area contributed by atoms with Crippen molar-refractivity contribution in [1.29, 1.82) is 0 Å². The zero-order chi connectivity index (χ0) is 12.4. The van der Waals surface area contributed by atoms with E-state index in [0.717, 1.165) is 6.42 Å². The number of amides is 1. The molecule has 1 atom stereocenters. The molecule has 1 unspecified atom stereocenters. The van der Waals surface area contributed by atoms with Gasteiger partial charge < -0.3 is 15.7 Å². The average molecular weight is 235 g/mol. The van der Waals surface area contributed by atoms with Crippen LogP contribution in [0.2, 0.25) is 0 Å². The summed E-state index contributed by atoms with van der Waals surface area (Å²) in [5.41, 5.74) is 5.51. The molecule has 90 valence electrons. The molecule has 1 aromatic rings. The van der Waals surface area contributed by atoms with Gasteiger partial charge in [-0.1, -0.05) is 0 Å². The third-order valence-corrected chi connectivity index (χ3v) is 2.86. The Morgan fingerprint density at radius 3 is 2.94 bits per heavy atom. The Morgan fingerprint density at radius 1 is 1.53 bits per heavy atom. The van der Waals surface area contributed by atoms with Crippen LogP contribution in [0, 0.1) is 0 Å². The van der Waals surface area contributed by atoms with Crippen molar-refractivity contribution >= 4 is 17.7 Å². The topological polar surface area (TPSA) is 96.5 Å². The molecule has 6 heteroatoms. The molecule has 0 saturated carbocycles. The van der Waals surface area contributed by atoms with Crippen LogP contribution in [0.4, 0.5) is 5.82 Å². The van der Waals surface area contributed by atoms with Crippen molar-refractivity contribution in [3.63, 3.8) is 0 Å². The predicted octanol–water partition coefficient (Wildman–Crippen LogP) is 0.234. The molecule has 0 aliphatic carbocycles. The van der Waals surface area contributed by atoms with E-state index in [9.17, 15) is 9.59 Å². The molecule has 0 radical (unpaired) electrons. The van der Waals surface area contributed by atoms with Gasteiger partial charge in [-0.3, -0.25) is 4.79 Å². The zero-order valence-electron chi connectivity index (χ0n) is 9.17. The van der Waals surface area contributed by atoms with Gasteiger partial charge >= 0.3 is 5.97 Å². The highest BCUT2D eigenvalue weighted by Gasteiger charge is 2.31. The maximum absolute atomic E-state index is 11.0. The third kappa shape index (κ3) is 2.20. The molecule has 1 aliphatic rings. The fourth-order valence-electron chi connectivity index (χ4n) is 2.03. The van der Waals surface area contributed by atoms with Crippen LogP contribution < -0.4 is 10.6 Å². The largest absolute Gasteiger partial charge is 0.480 e. The minimum absolute atomic E-state index is 0.339. The normalized spacial score (nSPS) is 19.3. The van der Waals surface area contributed by atoms with E-state index >= 15 is 0 Å². The molecule has 0 aromatic carbocycles. The Labute approximate surface area is 98.1 Å². The number of nitrogens with two attached hydrogens (primary N) is 1. The second-order valence-electron chi connectivity index (χ2n) is 3.96. The van der Waals surface area contributed by atoms with Gasteiger partial charge in [0.2, 0.25) is 5.91 Å². The number of aliphatic carboxylic acids is 1. The Kier molecular flexibility index (Phi) is 2.95. The molecular weight excluding hydrogens is 222 g/mol. The molecule has 1 saturated heterocycles. The molecular formula is C11H13N3O3. The third-order valence-electron chi connectivity index (χ3n) is 2.86. The molecule has 1 aliphatic heterocycles. The number of aromatic nitrogens is 1. The Balaban J connectivity index is 2.30. The molecule has 1 aromatic heterocycles. The molecule has 0 spiro atoms. The summed E-state index contributed by atoms with van der Waals surface area (Å²) in [5.74, 6) is -0.917. The van der Waals surface area contributed by atoms with Gasteiger partial charge in [-0.15, -0.1) is 0 Å². The molecule has 2 heterocycles. The first-order valence-corrected chi connectivity index (χ1v) is 5.35. The van der Waals surface area contributed by atoms with Crippen molar-refractivity contribution in [2.75, 3.05) is 11.4 Å². The van der Waals surface area contributed by atoms with Crippen LogP contribution >= 0.6 is 0 Å². The van der Waals surface area contributed by atoms with Gasteiger partial charge in [0.05, 0.1) is 0 Å². The highest BCUT2D eigenvalue weighted by molar-refractivity contribution is 5.93. The first-order valence-electron chi connectivity index (χ1n) is 5.35. The summed E-state index contributed by atoms with van der Waals surface area (Å²) in [6.45, 7) is 0.631. The van der Waals surface area contributed by atoms with E-state index in [0.29, 0.717) is 24.3 Å². The number of pyridine rings is 1. The summed E-state index contributed by atoms with van der Waals surface area (Å²) in [4.78, 5) is 27.9. The van der Waals surface area contributed by atoms with Gasteiger partial charge in [0.1, 0.15) is 11.9 Å². The van der Waals surface area contributed by atoms with Crippen molar-refractivity contribution < 1.29 is 14.7 Å². The van der Waals surface area contributed by atoms with E-state index in [2.05, 4.69) is 4.98 Å². The number of hydrogen-bond donors (Lipinski definition) is 2. The van der Waals surface area contributed by atoms with Gasteiger partial charge in [0.25, 0.3) is 0 Å². The second-order valence-corrected chi connectivity index (χ2v) is 3.96. The Hall–Kier alpha value is -2.11. The lowest BCUT2D eigenvalue weighted by atomic mass is 10.2. The molecule has 3 N–H and O–H groups in total. The summed E-state index contributed by atoms with van der Waals surface area (Å²) in [7, 11) is 0. The summed E-state index contributed by atoms with van der Waals surface area (Å²) >= 11 is 0. The van der Waals surface area contributed by atoms with Gasteiger partial charge in [0, 0.05) is 18.3 Å². The van der Waals surface area contributed by atoms with E-state index < -0.39 is 17.9 Å². The molecule has 0 bridgehead atoms. The molecule has 1 amide bonds. The lowest BCUT2D eigenvalue weighted by molar-refractivity contribution is -0.138. The number of primary amides is 1. The number of carboxylic acids is 1. The smallest absolute Gasteiger partial charge is 0.326 e. The number of hydrogen-bond acceptors (Lipinski definition) is 4. The van der Waals surface area contributed by atoms with Gasteiger partial charge in [-0.25, -0.2) is 9.78 Å². The van der Waals surface area contributed by atoms with E-state index in [-0.39, 0.29) is 0 Å². The van der Waals surface area contributed by atoms with E-state index in [1.165, 1.54) is 18.3 Å². The van der Waals surface area contributed by atoms with Gasteiger partial charge in [0.15, 0.2) is 0 Å². The van der Waals surface area contributed by atoms with Crippen LogP contribution in [0.25, 0.3) is 0 Å². The van der Waals surface area contributed by atoms with E-state index in [1.807, 2.05) is 0 Å². The Morgan fingerprint density at radius 2 is 2.29 bits per heavy atom. The number of carbonyl (C=O) groups excluding carboxylic acids is 1. The van der Waals surface area contributed by atoms with E-state index in [1.54, 1.807) is 4.90 Å². The zero-order valence-corrected chi connectivity index (χ0v) is 9.17. The molecule has 2 rings (SSSR count).